The Morgan fingerprint density at radius 1 is 1.12 bits per heavy atom. The molecule has 0 saturated carbocycles. The van der Waals surface area contributed by atoms with Gasteiger partial charge < -0.3 is 20.1 Å². The molecule has 0 aliphatic heterocycles. The van der Waals surface area contributed by atoms with Crippen molar-refractivity contribution < 1.29 is 22.7 Å². The molecule has 2 N–H and O–H groups in total. The van der Waals surface area contributed by atoms with Crippen LogP contribution in [0.1, 0.15) is 13.8 Å². The number of carbonyl (C=O) groups excluding carboxylic acids is 1. The van der Waals surface area contributed by atoms with Crippen molar-refractivity contribution in [2.24, 2.45) is 0 Å². The smallest absolute Gasteiger partial charge is 0.262 e. The van der Waals surface area contributed by atoms with Crippen LogP contribution < -0.4 is 20.1 Å². The van der Waals surface area contributed by atoms with E-state index in [9.17, 15) is 13.2 Å². The normalized spacial score (nSPS) is 11.3. The van der Waals surface area contributed by atoms with E-state index < -0.39 is 10.0 Å². The summed E-state index contributed by atoms with van der Waals surface area (Å²) in [4.78, 5) is 17.2. The lowest BCUT2D eigenvalue weighted by Crippen LogP contribution is -2.30. The molecular formula is C23H28N4O5S2. The third kappa shape index (κ3) is 5.85. The van der Waals surface area contributed by atoms with Gasteiger partial charge in [-0.15, -0.1) is 11.3 Å². The average molecular weight is 505 g/mol. The second-order valence-corrected chi connectivity index (χ2v) is 9.90. The first-order valence-corrected chi connectivity index (χ1v) is 13.0. The van der Waals surface area contributed by atoms with Gasteiger partial charge in [-0.3, -0.25) is 4.79 Å². The van der Waals surface area contributed by atoms with Crippen LogP contribution in [0.3, 0.4) is 0 Å². The average Bonchev–Trinajstić information content (AvgIpc) is 3.33. The summed E-state index contributed by atoms with van der Waals surface area (Å²) >= 11 is 1.49. The number of nitrogens with zero attached hydrogens (tertiary/aromatic N) is 2. The van der Waals surface area contributed by atoms with Crippen molar-refractivity contribution in [3.63, 3.8) is 0 Å². The van der Waals surface area contributed by atoms with E-state index in [0.717, 1.165) is 16.4 Å². The van der Waals surface area contributed by atoms with Gasteiger partial charge in [0.05, 0.1) is 23.4 Å². The molecule has 9 nitrogen and oxygen atoms in total. The second kappa shape index (κ2) is 11.3. The molecule has 11 heteroatoms. The molecule has 1 amide bonds. The van der Waals surface area contributed by atoms with Crippen LogP contribution in [0.25, 0.3) is 11.3 Å². The molecule has 0 spiro atoms. The van der Waals surface area contributed by atoms with Gasteiger partial charge in [-0.05, 0) is 42.5 Å². The van der Waals surface area contributed by atoms with E-state index in [-0.39, 0.29) is 17.4 Å². The highest BCUT2D eigenvalue weighted by Gasteiger charge is 2.21. The Labute approximate surface area is 203 Å². The lowest BCUT2D eigenvalue weighted by Gasteiger charge is -2.18. The zero-order valence-corrected chi connectivity index (χ0v) is 21.1. The van der Waals surface area contributed by atoms with Gasteiger partial charge in [-0.25, -0.2) is 13.4 Å². The zero-order chi connectivity index (χ0) is 24.7. The topological polar surface area (TPSA) is 110 Å². The maximum Gasteiger partial charge on any atom is 0.262 e. The Morgan fingerprint density at radius 2 is 1.82 bits per heavy atom. The van der Waals surface area contributed by atoms with Crippen LogP contribution in [0.4, 0.5) is 10.8 Å². The van der Waals surface area contributed by atoms with E-state index in [1.54, 1.807) is 33.0 Å². The summed E-state index contributed by atoms with van der Waals surface area (Å²) in [5.74, 6) is 0.507. The number of sulfonamides is 1. The molecule has 3 aromatic rings. The van der Waals surface area contributed by atoms with Crippen LogP contribution in [0.15, 0.2) is 52.7 Å². The lowest BCUT2D eigenvalue weighted by atomic mass is 10.1. The summed E-state index contributed by atoms with van der Waals surface area (Å²) in [6, 6.07) is 11.4. The van der Waals surface area contributed by atoms with Gasteiger partial charge in [0, 0.05) is 31.1 Å². The number of anilines is 2. The van der Waals surface area contributed by atoms with Crippen molar-refractivity contribution >= 4 is 38.1 Å². The van der Waals surface area contributed by atoms with E-state index in [0.29, 0.717) is 30.3 Å². The molecular weight excluding hydrogens is 476 g/mol. The Balaban J connectivity index is 1.66. The van der Waals surface area contributed by atoms with Crippen LogP contribution >= 0.6 is 11.3 Å². The van der Waals surface area contributed by atoms with E-state index in [2.05, 4.69) is 15.6 Å². The Morgan fingerprint density at radius 3 is 2.41 bits per heavy atom. The first-order valence-electron chi connectivity index (χ1n) is 10.7. The largest absolute Gasteiger partial charge is 0.495 e. The Bertz CT molecular complexity index is 1220. The first kappa shape index (κ1) is 25.5. The fourth-order valence-corrected chi connectivity index (χ4v) is 5.38. The van der Waals surface area contributed by atoms with Gasteiger partial charge in [0.15, 0.2) is 11.7 Å². The number of benzene rings is 2. The summed E-state index contributed by atoms with van der Waals surface area (Å²) in [6.07, 6.45) is 0. The Hall–Kier alpha value is -3.15. The van der Waals surface area contributed by atoms with Crippen LogP contribution in [0.5, 0.6) is 11.5 Å². The first-order chi connectivity index (χ1) is 16.3. The Kier molecular flexibility index (Phi) is 8.48. The van der Waals surface area contributed by atoms with E-state index in [1.807, 2.05) is 11.4 Å². The van der Waals surface area contributed by atoms with Crippen molar-refractivity contribution in [3.05, 3.63) is 47.8 Å². The summed E-state index contributed by atoms with van der Waals surface area (Å²) < 4.78 is 37.5. The maximum atomic E-state index is 12.6. The molecule has 2 aromatic carbocycles. The summed E-state index contributed by atoms with van der Waals surface area (Å²) in [5.41, 5.74) is 2.11. The monoisotopic (exact) mass is 504 g/mol. The summed E-state index contributed by atoms with van der Waals surface area (Å²) in [7, 11) is -0.219. The fraction of sp³-hybridized carbons (Fsp3) is 0.304. The van der Waals surface area contributed by atoms with Crippen molar-refractivity contribution in [1.29, 1.82) is 0 Å². The predicted molar refractivity (Wildman–Crippen MR) is 134 cm³/mol. The zero-order valence-electron chi connectivity index (χ0n) is 19.5. The molecule has 1 aromatic heterocycles. The number of hydrogen-bond acceptors (Lipinski definition) is 8. The van der Waals surface area contributed by atoms with E-state index >= 15 is 0 Å². The van der Waals surface area contributed by atoms with Crippen molar-refractivity contribution in [3.8, 4) is 22.8 Å². The van der Waals surface area contributed by atoms with Gasteiger partial charge in [0.2, 0.25) is 10.0 Å². The van der Waals surface area contributed by atoms with Gasteiger partial charge in [-0.1, -0.05) is 13.8 Å². The number of rotatable bonds is 11. The lowest BCUT2D eigenvalue weighted by molar-refractivity contribution is -0.118. The van der Waals surface area contributed by atoms with Crippen molar-refractivity contribution in [2.45, 2.75) is 18.7 Å². The number of carbonyl (C=O) groups is 1. The van der Waals surface area contributed by atoms with E-state index in [4.69, 9.17) is 9.47 Å². The quantitative estimate of drug-likeness (QED) is 0.407. The van der Waals surface area contributed by atoms with Gasteiger partial charge in [0.25, 0.3) is 5.91 Å². The minimum Gasteiger partial charge on any atom is -0.495 e. The molecule has 0 fully saturated rings. The van der Waals surface area contributed by atoms with Crippen molar-refractivity contribution in [1.82, 2.24) is 9.29 Å². The molecule has 182 valence electrons. The molecule has 0 unspecified atom stereocenters. The number of aromatic nitrogens is 1. The van der Waals surface area contributed by atoms with Crippen LogP contribution in [0.2, 0.25) is 0 Å². The molecule has 34 heavy (non-hydrogen) atoms. The second-order valence-electron chi connectivity index (χ2n) is 7.10. The van der Waals surface area contributed by atoms with E-state index in [1.165, 1.54) is 47.0 Å². The highest BCUT2D eigenvalue weighted by molar-refractivity contribution is 7.89. The van der Waals surface area contributed by atoms with Gasteiger partial charge in [-0.2, -0.15) is 4.31 Å². The molecule has 0 atom stereocenters. The molecule has 0 radical (unpaired) electrons. The SMILES string of the molecule is CCN(CC)S(=O)(=O)c1ccc(OCC(=O)Nc2cc(-c3csc(NC)n3)ccc2OC)cc1. The molecule has 0 saturated heterocycles. The van der Waals surface area contributed by atoms with Crippen molar-refractivity contribution in [2.75, 3.05) is 44.5 Å². The molecule has 0 bridgehead atoms. The summed E-state index contributed by atoms with van der Waals surface area (Å²) in [6.45, 7) is 4.11. The number of amides is 1. The fourth-order valence-electron chi connectivity index (χ4n) is 3.24. The highest BCUT2D eigenvalue weighted by atomic mass is 32.2. The highest BCUT2D eigenvalue weighted by Crippen LogP contribution is 2.32. The number of thiazole rings is 1. The molecule has 1 heterocycles. The summed E-state index contributed by atoms with van der Waals surface area (Å²) in [5, 5.41) is 8.51. The maximum absolute atomic E-state index is 12.6. The minimum atomic E-state index is -3.55. The minimum absolute atomic E-state index is 0.179. The third-order valence-corrected chi connectivity index (χ3v) is 7.95. The van der Waals surface area contributed by atoms with Crippen LogP contribution in [-0.4, -0.2) is 57.5 Å². The van der Waals surface area contributed by atoms with Gasteiger partial charge >= 0.3 is 0 Å². The number of ether oxygens (including phenoxy) is 2. The molecule has 3 rings (SSSR count). The van der Waals surface area contributed by atoms with Gasteiger partial charge in [0.1, 0.15) is 11.5 Å². The molecule has 0 aliphatic carbocycles. The van der Waals surface area contributed by atoms with Crippen LogP contribution in [0, 0.1) is 0 Å². The number of methoxy groups -OCH3 is 1. The third-order valence-electron chi connectivity index (χ3n) is 5.02. The molecule has 0 aliphatic rings. The number of hydrogen-bond donors (Lipinski definition) is 2. The predicted octanol–water partition coefficient (Wildman–Crippen LogP) is 3.91. The standard InChI is InChI=1S/C23H28N4O5S2/c1-5-27(6-2)34(29,30)18-10-8-17(9-11-18)32-14-22(28)25-19-13-16(7-12-21(19)31-4)20-15-33-23(24-3)26-20/h7-13,15H,5-6,14H2,1-4H3,(H,24,26)(H,25,28). The number of nitrogens with one attached hydrogen (secondary N) is 2. The van der Waals surface area contributed by atoms with Crippen LogP contribution in [-0.2, 0) is 14.8 Å².